The fourth-order valence-corrected chi connectivity index (χ4v) is 8.71. The molecule has 0 bridgehead atoms. The highest BCUT2D eigenvalue weighted by atomic mass is 32.2. The molecular weight excluding hydrogens is 779 g/mol. The summed E-state index contributed by atoms with van der Waals surface area (Å²) < 4.78 is 2.15. The van der Waals surface area contributed by atoms with Gasteiger partial charge in [0.1, 0.15) is 0 Å². The molecule has 292 valence electrons. The Morgan fingerprint density at radius 1 is 0.290 bits per heavy atom. The number of aromatic nitrogens is 7. The van der Waals surface area contributed by atoms with Gasteiger partial charge in [-0.1, -0.05) is 194 Å². The van der Waals surface area contributed by atoms with Crippen LogP contribution >= 0.6 is 11.8 Å². The Labute approximate surface area is 362 Å². The maximum Gasteiger partial charge on any atom is 0.238 e. The normalized spacial score (nSPS) is 11.3. The van der Waals surface area contributed by atoms with Crippen LogP contribution in [0.1, 0.15) is 0 Å². The minimum atomic E-state index is 0.564. The maximum absolute atomic E-state index is 5.22. The summed E-state index contributed by atoms with van der Waals surface area (Å²) in [7, 11) is 0. The van der Waals surface area contributed by atoms with Crippen LogP contribution in [-0.2, 0) is 0 Å². The van der Waals surface area contributed by atoms with Crippen LogP contribution in [0.2, 0.25) is 0 Å². The Morgan fingerprint density at radius 2 is 0.661 bits per heavy atom. The number of hydrogen-bond acceptors (Lipinski definition) is 7. The molecule has 0 saturated carbocycles. The Bertz CT molecular complexity index is 3300. The van der Waals surface area contributed by atoms with E-state index < -0.39 is 0 Å². The Morgan fingerprint density at radius 3 is 1.23 bits per heavy atom. The topological polar surface area (TPSA) is 82.3 Å². The van der Waals surface area contributed by atoms with Gasteiger partial charge in [-0.3, -0.25) is 4.57 Å². The summed E-state index contributed by atoms with van der Waals surface area (Å²) in [5.74, 6) is 3.61. The number of fused-ring (bicyclic) bond motifs is 3. The standard InChI is InChI=1S/C54H35N7S/c1-4-16-36(17-5-1)37-28-30-40(31-29-37)50-55-49(38-18-6-2-7-19-38)56-51(57-50)41-32-34-42(35-33-41)62-48-27-15-12-24-45(48)53-58-52(39-20-8-3-9-21-39)59-54(60-53)61-46-25-13-10-22-43(46)44-23-11-14-26-47(44)61/h1-35H. The largest absolute Gasteiger partial charge is 0.278 e. The van der Waals surface area contributed by atoms with E-state index in [1.165, 1.54) is 0 Å². The zero-order valence-corrected chi connectivity index (χ0v) is 34.1. The second kappa shape index (κ2) is 16.2. The molecule has 3 heterocycles. The minimum Gasteiger partial charge on any atom is -0.278 e. The lowest BCUT2D eigenvalue weighted by Gasteiger charge is -2.13. The van der Waals surface area contributed by atoms with Gasteiger partial charge in [0.15, 0.2) is 29.1 Å². The monoisotopic (exact) mass is 813 g/mol. The van der Waals surface area contributed by atoms with E-state index in [-0.39, 0.29) is 0 Å². The molecule has 7 nitrogen and oxygen atoms in total. The van der Waals surface area contributed by atoms with Crippen molar-refractivity contribution >= 4 is 33.6 Å². The van der Waals surface area contributed by atoms with E-state index in [2.05, 4.69) is 144 Å². The van der Waals surface area contributed by atoms with Gasteiger partial charge in [-0.2, -0.15) is 9.97 Å². The average Bonchev–Trinajstić information content (AvgIpc) is 3.69. The Kier molecular flexibility index (Phi) is 9.65. The minimum absolute atomic E-state index is 0.564. The van der Waals surface area contributed by atoms with Gasteiger partial charge in [0, 0.05) is 48.4 Å². The molecular formula is C54H35N7S. The van der Waals surface area contributed by atoms with Gasteiger partial charge < -0.3 is 0 Å². The first-order valence-corrected chi connectivity index (χ1v) is 21.2. The van der Waals surface area contributed by atoms with Crippen molar-refractivity contribution in [3.05, 3.63) is 212 Å². The third-order valence-corrected chi connectivity index (χ3v) is 11.9. The molecule has 3 aromatic heterocycles. The molecule has 0 atom stereocenters. The highest BCUT2D eigenvalue weighted by Gasteiger charge is 2.19. The van der Waals surface area contributed by atoms with Gasteiger partial charge in [0.05, 0.1) is 11.0 Å². The average molecular weight is 814 g/mol. The lowest BCUT2D eigenvalue weighted by Crippen LogP contribution is -2.06. The number of rotatable bonds is 9. The molecule has 8 heteroatoms. The van der Waals surface area contributed by atoms with E-state index in [9.17, 15) is 0 Å². The lowest BCUT2D eigenvalue weighted by molar-refractivity contribution is 0.951. The van der Waals surface area contributed by atoms with Crippen molar-refractivity contribution in [2.45, 2.75) is 9.79 Å². The predicted molar refractivity (Wildman–Crippen MR) is 251 cm³/mol. The SMILES string of the molecule is c1ccc(-c2ccc(-c3nc(-c4ccccc4)nc(-c4ccc(Sc5ccccc5-c5nc(-c6ccccc6)nc(-n6c7ccccc7c7ccccc76)n5)cc4)n3)cc2)cc1. The first kappa shape index (κ1) is 37.0. The Hall–Kier alpha value is -8.07. The van der Waals surface area contributed by atoms with Crippen molar-refractivity contribution in [1.82, 2.24) is 34.5 Å². The molecule has 11 aromatic rings. The van der Waals surface area contributed by atoms with Gasteiger partial charge in [0.2, 0.25) is 5.95 Å². The summed E-state index contributed by atoms with van der Waals surface area (Å²) in [6.07, 6.45) is 0. The quantitative estimate of drug-likeness (QED) is 0.143. The van der Waals surface area contributed by atoms with Crippen LogP contribution in [0.4, 0.5) is 0 Å². The summed E-state index contributed by atoms with van der Waals surface area (Å²) in [6.45, 7) is 0. The second-order valence-electron chi connectivity index (χ2n) is 14.8. The molecule has 0 aliphatic carbocycles. The van der Waals surface area contributed by atoms with Gasteiger partial charge >= 0.3 is 0 Å². The van der Waals surface area contributed by atoms with Crippen LogP contribution in [0.15, 0.2) is 222 Å². The van der Waals surface area contributed by atoms with Crippen LogP contribution in [0.5, 0.6) is 0 Å². The van der Waals surface area contributed by atoms with E-state index in [1.54, 1.807) is 11.8 Å². The van der Waals surface area contributed by atoms with Crippen LogP contribution in [0.25, 0.3) is 95.8 Å². The summed E-state index contributed by atoms with van der Waals surface area (Å²) in [5, 5.41) is 2.29. The number of hydrogen-bond donors (Lipinski definition) is 0. The van der Waals surface area contributed by atoms with Gasteiger partial charge in [-0.05, 0) is 41.5 Å². The third kappa shape index (κ3) is 7.18. The van der Waals surface area contributed by atoms with Crippen molar-refractivity contribution in [3.8, 4) is 74.0 Å². The molecule has 8 aromatic carbocycles. The van der Waals surface area contributed by atoms with Crippen molar-refractivity contribution in [3.63, 3.8) is 0 Å². The third-order valence-electron chi connectivity index (χ3n) is 10.8. The molecule has 11 rings (SSSR count). The molecule has 0 fully saturated rings. The maximum atomic E-state index is 5.22. The van der Waals surface area contributed by atoms with E-state index in [1.807, 2.05) is 72.8 Å². The summed E-state index contributed by atoms with van der Waals surface area (Å²) in [4.78, 5) is 32.5. The highest BCUT2D eigenvalue weighted by molar-refractivity contribution is 7.99. The molecule has 0 aliphatic heterocycles. The van der Waals surface area contributed by atoms with E-state index >= 15 is 0 Å². The van der Waals surface area contributed by atoms with Crippen molar-refractivity contribution in [1.29, 1.82) is 0 Å². The molecule has 0 unspecified atom stereocenters. The number of nitrogens with zero attached hydrogens (tertiary/aromatic N) is 7. The first-order valence-electron chi connectivity index (χ1n) is 20.4. The molecule has 0 amide bonds. The first-order chi connectivity index (χ1) is 30.7. The van der Waals surface area contributed by atoms with Crippen molar-refractivity contribution in [2.24, 2.45) is 0 Å². The zero-order valence-electron chi connectivity index (χ0n) is 33.2. The fourth-order valence-electron chi connectivity index (χ4n) is 7.77. The van der Waals surface area contributed by atoms with E-state index in [4.69, 9.17) is 29.9 Å². The van der Waals surface area contributed by atoms with Gasteiger partial charge in [-0.15, -0.1) is 0 Å². The van der Waals surface area contributed by atoms with Crippen LogP contribution in [-0.4, -0.2) is 34.5 Å². The van der Waals surface area contributed by atoms with Gasteiger partial charge in [-0.25, -0.2) is 19.9 Å². The van der Waals surface area contributed by atoms with Crippen LogP contribution in [0, 0.1) is 0 Å². The molecule has 0 spiro atoms. The molecule has 0 aliphatic rings. The van der Waals surface area contributed by atoms with E-state index in [0.717, 1.165) is 70.5 Å². The predicted octanol–water partition coefficient (Wildman–Crippen LogP) is 13.3. The summed E-state index contributed by atoms with van der Waals surface area (Å²) in [5.41, 5.74) is 8.94. The fraction of sp³-hybridized carbons (Fsp3) is 0. The molecule has 0 saturated heterocycles. The van der Waals surface area contributed by atoms with Gasteiger partial charge in [0.25, 0.3) is 0 Å². The number of para-hydroxylation sites is 2. The Balaban J connectivity index is 0.955. The zero-order chi connectivity index (χ0) is 41.2. The second-order valence-corrected chi connectivity index (χ2v) is 15.9. The van der Waals surface area contributed by atoms with Crippen LogP contribution in [0.3, 0.4) is 0 Å². The molecule has 62 heavy (non-hydrogen) atoms. The number of benzene rings is 8. The molecule has 0 radical (unpaired) electrons. The van der Waals surface area contributed by atoms with Crippen molar-refractivity contribution in [2.75, 3.05) is 0 Å². The highest BCUT2D eigenvalue weighted by Crippen LogP contribution is 2.38. The van der Waals surface area contributed by atoms with Crippen LogP contribution < -0.4 is 0 Å². The lowest BCUT2D eigenvalue weighted by atomic mass is 10.0. The van der Waals surface area contributed by atoms with E-state index in [0.29, 0.717) is 35.1 Å². The summed E-state index contributed by atoms with van der Waals surface area (Å²) in [6, 6.07) is 72.4. The smallest absolute Gasteiger partial charge is 0.238 e. The van der Waals surface area contributed by atoms with Crippen molar-refractivity contribution < 1.29 is 0 Å². The molecule has 0 N–H and O–H groups in total. The summed E-state index contributed by atoms with van der Waals surface area (Å²) >= 11 is 1.66.